The van der Waals surface area contributed by atoms with E-state index in [1.54, 1.807) is 13.0 Å². The Morgan fingerprint density at radius 1 is 1.23 bits per heavy atom. The number of Topliss-reactive ketones (excluding diaryl/α,β-unsaturated/α-hetero) is 1. The van der Waals surface area contributed by atoms with E-state index in [0.29, 0.717) is 5.69 Å². The molecule has 6 nitrogen and oxygen atoms in total. The number of hydrogen-bond donors (Lipinski definition) is 1. The predicted molar refractivity (Wildman–Crippen MR) is 105 cm³/mol. The van der Waals surface area contributed by atoms with Crippen LogP contribution in [0.2, 0.25) is 0 Å². The zero-order valence-corrected chi connectivity index (χ0v) is 17.2. The van der Waals surface area contributed by atoms with Crippen LogP contribution in [-0.2, 0) is 16.1 Å². The monoisotopic (exact) mass is 440 g/mol. The number of ether oxygens (including phenoxy) is 1. The number of aryl methyl sites for hydroxylation is 1. The molecule has 1 atom stereocenters. The maximum absolute atomic E-state index is 12.7. The highest BCUT2D eigenvalue weighted by molar-refractivity contribution is 8.00. The number of esters is 1. The highest BCUT2D eigenvalue weighted by Crippen LogP contribution is 2.36. The number of nitrogens with one attached hydrogen (secondary N) is 1. The molecule has 160 valence electrons. The highest BCUT2D eigenvalue weighted by Gasteiger charge is 2.30. The molecule has 0 aliphatic carbocycles. The van der Waals surface area contributed by atoms with Crippen LogP contribution in [0.5, 0.6) is 0 Å². The van der Waals surface area contributed by atoms with Crippen LogP contribution in [0.3, 0.4) is 0 Å². The molecule has 0 fully saturated rings. The first kappa shape index (κ1) is 21.9. The van der Waals surface area contributed by atoms with Gasteiger partial charge < -0.3 is 14.6 Å². The lowest BCUT2D eigenvalue weighted by Crippen LogP contribution is -2.26. The molecule has 1 N–H and O–H groups in total. The minimum Gasteiger partial charge on any atom is -0.454 e. The molecule has 0 unspecified atom stereocenters. The molecule has 1 aliphatic heterocycles. The van der Waals surface area contributed by atoms with Crippen molar-refractivity contribution in [3.8, 4) is 0 Å². The zero-order chi connectivity index (χ0) is 22.2. The van der Waals surface area contributed by atoms with Crippen molar-refractivity contribution >= 4 is 35.1 Å². The molecule has 0 spiro atoms. The van der Waals surface area contributed by atoms with E-state index in [0.717, 1.165) is 9.46 Å². The van der Waals surface area contributed by atoms with Crippen molar-refractivity contribution < 1.29 is 32.3 Å². The van der Waals surface area contributed by atoms with Crippen molar-refractivity contribution in [3.63, 3.8) is 0 Å². The van der Waals surface area contributed by atoms with Gasteiger partial charge in [-0.15, -0.1) is 11.8 Å². The lowest BCUT2D eigenvalue weighted by Gasteiger charge is -2.21. The first-order valence-corrected chi connectivity index (χ1v) is 9.89. The summed E-state index contributed by atoms with van der Waals surface area (Å²) in [7, 11) is 0. The van der Waals surface area contributed by atoms with Gasteiger partial charge in [-0.25, -0.2) is 4.79 Å². The van der Waals surface area contributed by atoms with Gasteiger partial charge in [0.05, 0.1) is 16.5 Å². The number of thioether (sulfide) groups is 1. The van der Waals surface area contributed by atoms with Crippen molar-refractivity contribution in [3.05, 3.63) is 46.8 Å². The van der Waals surface area contributed by atoms with Crippen LogP contribution in [0.1, 0.15) is 39.0 Å². The Hall–Kier alpha value is -2.75. The summed E-state index contributed by atoms with van der Waals surface area (Å²) in [5.41, 5.74) is 1.16. The van der Waals surface area contributed by atoms with E-state index < -0.39 is 31.1 Å². The minimum atomic E-state index is -4.42. The topological polar surface area (TPSA) is 77.4 Å². The molecule has 30 heavy (non-hydrogen) atoms. The lowest BCUT2D eigenvalue weighted by atomic mass is 10.1. The Bertz CT molecular complexity index is 1030. The third kappa shape index (κ3) is 4.69. The Kier molecular flexibility index (Phi) is 5.98. The fourth-order valence-corrected chi connectivity index (χ4v) is 4.06. The van der Waals surface area contributed by atoms with Gasteiger partial charge in [0.2, 0.25) is 11.7 Å². The molecule has 1 aromatic carbocycles. The van der Waals surface area contributed by atoms with E-state index in [9.17, 15) is 27.6 Å². The maximum atomic E-state index is 12.7. The van der Waals surface area contributed by atoms with Crippen LogP contribution in [0, 0.1) is 13.8 Å². The van der Waals surface area contributed by atoms with Crippen LogP contribution >= 0.6 is 11.8 Å². The number of amides is 1. The van der Waals surface area contributed by atoms with E-state index in [1.807, 2.05) is 0 Å². The molecular formula is C20H19F3N2O4S. The summed E-state index contributed by atoms with van der Waals surface area (Å²) in [5, 5.41) is 2.46. The van der Waals surface area contributed by atoms with Gasteiger partial charge in [0.15, 0.2) is 6.61 Å². The van der Waals surface area contributed by atoms with Gasteiger partial charge in [0.25, 0.3) is 0 Å². The summed E-state index contributed by atoms with van der Waals surface area (Å²) < 4.78 is 44.2. The number of benzene rings is 1. The number of hydrogen-bond acceptors (Lipinski definition) is 5. The molecule has 2 aromatic rings. The van der Waals surface area contributed by atoms with Crippen molar-refractivity contribution in [2.24, 2.45) is 0 Å². The SMILES string of the molecule is Cc1cc(C(=O)COC(=O)c2ccc3c(c2)NC(=O)[C@H](C)S3)c(C)n1CC(F)(F)F. The van der Waals surface area contributed by atoms with Gasteiger partial charge in [-0.1, -0.05) is 0 Å². The molecule has 10 heteroatoms. The molecule has 0 bridgehead atoms. The van der Waals surface area contributed by atoms with Crippen LogP contribution < -0.4 is 5.32 Å². The van der Waals surface area contributed by atoms with Crippen molar-refractivity contribution in [1.29, 1.82) is 0 Å². The molecule has 0 saturated carbocycles. The van der Waals surface area contributed by atoms with Crippen molar-refractivity contribution in [2.75, 3.05) is 11.9 Å². The number of rotatable bonds is 5. The fourth-order valence-electron chi connectivity index (χ4n) is 3.13. The number of ketones is 1. The first-order chi connectivity index (χ1) is 14.0. The Morgan fingerprint density at radius 2 is 1.93 bits per heavy atom. The standard InChI is InChI=1S/C20H19F3N2O4S/c1-10-6-14(11(2)25(10)9-20(21,22)23)16(26)8-29-19(28)13-4-5-17-15(7-13)24-18(27)12(3)30-17/h4-7,12H,8-9H2,1-3H3,(H,24,27)/t12-/m0/s1. The van der Waals surface area contributed by atoms with Crippen molar-refractivity contribution in [2.45, 2.75) is 43.6 Å². The van der Waals surface area contributed by atoms with E-state index in [1.165, 1.54) is 43.8 Å². The van der Waals surface area contributed by atoms with Crippen LogP contribution in [-0.4, -0.2) is 40.3 Å². The number of halogens is 3. The number of fused-ring (bicyclic) bond motifs is 1. The molecule has 3 rings (SSSR count). The van der Waals surface area contributed by atoms with Crippen molar-refractivity contribution in [1.82, 2.24) is 4.57 Å². The second-order valence-electron chi connectivity index (χ2n) is 6.95. The average Bonchev–Trinajstić information content (AvgIpc) is 2.93. The second-order valence-corrected chi connectivity index (χ2v) is 8.33. The van der Waals surface area contributed by atoms with Gasteiger partial charge in [-0.2, -0.15) is 13.2 Å². The van der Waals surface area contributed by atoms with Crippen LogP contribution in [0.4, 0.5) is 18.9 Å². The molecule has 0 radical (unpaired) electrons. The summed E-state index contributed by atoms with van der Waals surface area (Å²) in [6, 6.07) is 6.02. The second kappa shape index (κ2) is 8.17. The lowest BCUT2D eigenvalue weighted by molar-refractivity contribution is -0.141. The largest absolute Gasteiger partial charge is 0.454 e. The first-order valence-electron chi connectivity index (χ1n) is 9.01. The fraction of sp³-hybridized carbons (Fsp3) is 0.350. The summed E-state index contributed by atoms with van der Waals surface area (Å²) in [4.78, 5) is 37.3. The smallest absolute Gasteiger partial charge is 0.406 e. The molecule has 1 aromatic heterocycles. The van der Waals surface area contributed by atoms with E-state index in [4.69, 9.17) is 4.74 Å². The van der Waals surface area contributed by atoms with Gasteiger partial charge in [0.1, 0.15) is 6.54 Å². The summed E-state index contributed by atoms with van der Waals surface area (Å²) in [6.07, 6.45) is -4.42. The number of carbonyl (C=O) groups is 3. The molecule has 2 heterocycles. The molecule has 1 aliphatic rings. The Balaban J connectivity index is 1.68. The number of carbonyl (C=O) groups excluding carboxylic acids is 3. The van der Waals surface area contributed by atoms with E-state index in [2.05, 4.69) is 5.32 Å². The number of nitrogens with zero attached hydrogens (tertiary/aromatic N) is 1. The maximum Gasteiger partial charge on any atom is 0.406 e. The molecular weight excluding hydrogens is 421 g/mol. The number of alkyl halides is 3. The van der Waals surface area contributed by atoms with Crippen LogP contribution in [0.25, 0.3) is 0 Å². The molecule has 1 amide bonds. The van der Waals surface area contributed by atoms with E-state index in [-0.39, 0.29) is 33.7 Å². The van der Waals surface area contributed by atoms with Gasteiger partial charge >= 0.3 is 12.1 Å². The van der Waals surface area contributed by atoms with Gasteiger partial charge in [-0.3, -0.25) is 9.59 Å². The predicted octanol–water partition coefficient (Wildman–Crippen LogP) is 4.14. The van der Waals surface area contributed by atoms with Gasteiger partial charge in [-0.05, 0) is 45.0 Å². The summed E-state index contributed by atoms with van der Waals surface area (Å²) in [5.74, 6) is -1.55. The normalized spacial score (nSPS) is 16.1. The Labute approximate surface area is 174 Å². The van der Waals surface area contributed by atoms with Crippen LogP contribution in [0.15, 0.2) is 29.2 Å². The average molecular weight is 440 g/mol. The number of anilines is 1. The highest BCUT2D eigenvalue weighted by atomic mass is 32.2. The summed E-state index contributed by atoms with van der Waals surface area (Å²) >= 11 is 1.36. The number of aromatic nitrogens is 1. The molecule has 0 saturated heterocycles. The summed E-state index contributed by atoms with van der Waals surface area (Å²) in [6.45, 7) is 2.85. The van der Waals surface area contributed by atoms with E-state index >= 15 is 0 Å². The Morgan fingerprint density at radius 3 is 2.60 bits per heavy atom. The third-order valence-electron chi connectivity index (χ3n) is 4.69. The third-order valence-corrected chi connectivity index (χ3v) is 5.87. The quantitative estimate of drug-likeness (QED) is 0.559. The zero-order valence-electron chi connectivity index (χ0n) is 16.4. The van der Waals surface area contributed by atoms with Gasteiger partial charge in [0, 0.05) is 21.8 Å². The minimum absolute atomic E-state index is 0.0765.